The summed E-state index contributed by atoms with van der Waals surface area (Å²) in [5.41, 5.74) is 1.07. The Morgan fingerprint density at radius 3 is 2.15 bits per heavy atom. The van der Waals surface area contributed by atoms with E-state index >= 15 is 0 Å². The number of rotatable bonds is 5. The van der Waals surface area contributed by atoms with Crippen LogP contribution in [0.15, 0.2) is 30.3 Å². The summed E-state index contributed by atoms with van der Waals surface area (Å²) in [4.78, 5) is 3.67. The van der Waals surface area contributed by atoms with Crippen LogP contribution in [0.25, 0.3) is 0 Å². The zero-order valence-corrected chi connectivity index (χ0v) is 11.4. The van der Waals surface area contributed by atoms with Crippen LogP contribution in [0.4, 0.5) is 18.9 Å². The highest BCUT2D eigenvalue weighted by atomic mass is 19.4. The van der Waals surface area contributed by atoms with E-state index in [9.17, 15) is 13.2 Å². The van der Waals surface area contributed by atoms with Crippen molar-refractivity contribution in [1.82, 2.24) is 9.80 Å². The number of hydrogen-bond acceptors (Lipinski definition) is 3. The smallest absolute Gasteiger partial charge is 0.384 e. The SMILES string of the molecule is FC(F)(F)CN1CCN(CCNc2ccccc2)CC1. The third-order valence-electron chi connectivity index (χ3n) is 3.40. The number of benzene rings is 1. The summed E-state index contributed by atoms with van der Waals surface area (Å²) >= 11 is 0. The van der Waals surface area contributed by atoms with E-state index in [1.165, 1.54) is 4.90 Å². The summed E-state index contributed by atoms with van der Waals surface area (Å²) in [6, 6.07) is 9.91. The lowest BCUT2D eigenvalue weighted by Crippen LogP contribution is -2.50. The van der Waals surface area contributed by atoms with Crippen LogP contribution in [0.5, 0.6) is 0 Å². The van der Waals surface area contributed by atoms with Crippen molar-refractivity contribution < 1.29 is 13.2 Å². The largest absolute Gasteiger partial charge is 0.401 e. The predicted molar refractivity (Wildman–Crippen MR) is 73.9 cm³/mol. The lowest BCUT2D eigenvalue weighted by atomic mass is 10.3. The third kappa shape index (κ3) is 5.38. The first-order chi connectivity index (χ1) is 9.53. The second-order valence-corrected chi connectivity index (χ2v) is 5.03. The normalized spacial score (nSPS) is 18.1. The summed E-state index contributed by atoms with van der Waals surface area (Å²) in [5, 5.41) is 3.31. The molecule has 1 fully saturated rings. The lowest BCUT2D eigenvalue weighted by Gasteiger charge is -2.35. The van der Waals surface area contributed by atoms with Gasteiger partial charge in [0.25, 0.3) is 0 Å². The van der Waals surface area contributed by atoms with Gasteiger partial charge in [-0.25, -0.2) is 0 Å². The molecule has 0 amide bonds. The minimum absolute atomic E-state index is 0.491. The molecule has 1 aliphatic rings. The van der Waals surface area contributed by atoms with Gasteiger partial charge in [0.1, 0.15) is 0 Å². The van der Waals surface area contributed by atoms with Crippen LogP contribution in [0, 0.1) is 0 Å². The highest BCUT2D eigenvalue weighted by Crippen LogP contribution is 2.17. The number of alkyl halides is 3. The number of para-hydroxylation sites is 1. The molecule has 1 heterocycles. The molecule has 1 aliphatic heterocycles. The Labute approximate surface area is 117 Å². The quantitative estimate of drug-likeness (QED) is 0.896. The van der Waals surface area contributed by atoms with E-state index in [-0.39, 0.29) is 0 Å². The molecule has 1 aromatic rings. The zero-order valence-electron chi connectivity index (χ0n) is 11.4. The van der Waals surface area contributed by atoms with E-state index in [1.807, 2.05) is 30.3 Å². The van der Waals surface area contributed by atoms with Crippen LogP contribution < -0.4 is 5.32 Å². The van der Waals surface area contributed by atoms with Gasteiger partial charge in [0.05, 0.1) is 6.54 Å². The van der Waals surface area contributed by atoms with Crippen molar-refractivity contribution in [2.45, 2.75) is 6.18 Å². The molecule has 6 heteroatoms. The van der Waals surface area contributed by atoms with Gasteiger partial charge in [-0.3, -0.25) is 9.80 Å². The summed E-state index contributed by atoms with van der Waals surface area (Å²) in [7, 11) is 0. The van der Waals surface area contributed by atoms with E-state index in [0.29, 0.717) is 26.2 Å². The number of nitrogens with zero attached hydrogens (tertiary/aromatic N) is 2. The molecular weight excluding hydrogens is 267 g/mol. The predicted octanol–water partition coefficient (Wildman–Crippen LogP) is 2.28. The van der Waals surface area contributed by atoms with Crippen LogP contribution in [0.2, 0.25) is 0 Å². The van der Waals surface area contributed by atoms with Crippen LogP contribution >= 0.6 is 0 Å². The Morgan fingerprint density at radius 2 is 1.55 bits per heavy atom. The minimum atomic E-state index is -4.09. The first-order valence-corrected chi connectivity index (χ1v) is 6.83. The van der Waals surface area contributed by atoms with Crippen LogP contribution in [-0.4, -0.2) is 61.8 Å². The van der Waals surface area contributed by atoms with Gasteiger partial charge in [0.2, 0.25) is 0 Å². The number of piperazine rings is 1. The highest BCUT2D eigenvalue weighted by Gasteiger charge is 2.31. The van der Waals surface area contributed by atoms with Crippen LogP contribution in [-0.2, 0) is 0 Å². The Balaban J connectivity index is 1.62. The molecule has 2 rings (SSSR count). The topological polar surface area (TPSA) is 18.5 Å². The lowest BCUT2D eigenvalue weighted by molar-refractivity contribution is -0.149. The maximum Gasteiger partial charge on any atom is 0.401 e. The van der Waals surface area contributed by atoms with Crippen LogP contribution in [0.3, 0.4) is 0 Å². The van der Waals surface area contributed by atoms with E-state index in [4.69, 9.17) is 0 Å². The summed E-state index contributed by atoms with van der Waals surface area (Å²) in [5.74, 6) is 0. The molecule has 112 valence electrons. The van der Waals surface area contributed by atoms with E-state index in [2.05, 4.69) is 10.2 Å². The van der Waals surface area contributed by atoms with Gasteiger partial charge in [-0.05, 0) is 12.1 Å². The standard InChI is InChI=1S/C14H20F3N3/c15-14(16,17)12-20-10-8-19(9-11-20)7-6-18-13-4-2-1-3-5-13/h1-5,18H,6-12H2. The molecule has 0 spiro atoms. The molecule has 0 aromatic heterocycles. The number of hydrogen-bond donors (Lipinski definition) is 1. The molecule has 1 N–H and O–H groups in total. The highest BCUT2D eigenvalue weighted by molar-refractivity contribution is 5.42. The molecule has 1 aromatic carbocycles. The fourth-order valence-corrected chi connectivity index (χ4v) is 2.34. The molecule has 0 unspecified atom stereocenters. The zero-order chi connectivity index (χ0) is 14.4. The Morgan fingerprint density at radius 1 is 0.950 bits per heavy atom. The van der Waals surface area contributed by atoms with Gasteiger partial charge in [0, 0.05) is 45.0 Å². The van der Waals surface area contributed by atoms with Crippen molar-refractivity contribution in [2.75, 3.05) is 51.1 Å². The van der Waals surface area contributed by atoms with Gasteiger partial charge in [-0.15, -0.1) is 0 Å². The average Bonchev–Trinajstić information content (AvgIpc) is 2.40. The van der Waals surface area contributed by atoms with Crippen LogP contribution in [0.1, 0.15) is 0 Å². The van der Waals surface area contributed by atoms with Crippen molar-refractivity contribution in [3.63, 3.8) is 0 Å². The van der Waals surface area contributed by atoms with Gasteiger partial charge in [-0.1, -0.05) is 18.2 Å². The monoisotopic (exact) mass is 287 g/mol. The number of nitrogens with one attached hydrogen (secondary N) is 1. The van der Waals surface area contributed by atoms with E-state index in [0.717, 1.165) is 18.8 Å². The molecular formula is C14H20F3N3. The molecule has 0 bridgehead atoms. The summed E-state index contributed by atoms with van der Waals surface area (Å²) in [6.07, 6.45) is -4.09. The molecule has 1 saturated heterocycles. The Hall–Kier alpha value is -1.27. The molecule has 0 aliphatic carbocycles. The first-order valence-electron chi connectivity index (χ1n) is 6.83. The third-order valence-corrected chi connectivity index (χ3v) is 3.40. The summed E-state index contributed by atoms with van der Waals surface area (Å²) < 4.78 is 36.8. The summed E-state index contributed by atoms with van der Waals surface area (Å²) in [6.45, 7) is 3.26. The van der Waals surface area contributed by atoms with Gasteiger partial charge in [-0.2, -0.15) is 13.2 Å². The Kier molecular flexibility index (Phi) is 5.25. The number of anilines is 1. The fraction of sp³-hybridized carbons (Fsp3) is 0.571. The van der Waals surface area contributed by atoms with E-state index in [1.54, 1.807) is 0 Å². The molecule has 0 atom stereocenters. The molecule has 20 heavy (non-hydrogen) atoms. The fourth-order valence-electron chi connectivity index (χ4n) is 2.34. The van der Waals surface area contributed by atoms with Crippen molar-refractivity contribution in [3.05, 3.63) is 30.3 Å². The second-order valence-electron chi connectivity index (χ2n) is 5.03. The number of halogens is 3. The Bertz CT molecular complexity index is 386. The van der Waals surface area contributed by atoms with Gasteiger partial charge < -0.3 is 5.32 Å². The second kappa shape index (κ2) is 6.95. The average molecular weight is 287 g/mol. The maximum atomic E-state index is 12.3. The van der Waals surface area contributed by atoms with Crippen molar-refractivity contribution >= 4 is 5.69 Å². The molecule has 3 nitrogen and oxygen atoms in total. The van der Waals surface area contributed by atoms with Gasteiger partial charge >= 0.3 is 6.18 Å². The maximum absolute atomic E-state index is 12.3. The first kappa shape index (κ1) is 15.1. The van der Waals surface area contributed by atoms with Crippen molar-refractivity contribution in [2.24, 2.45) is 0 Å². The van der Waals surface area contributed by atoms with Crippen molar-refractivity contribution in [3.8, 4) is 0 Å². The molecule has 0 saturated carbocycles. The minimum Gasteiger partial charge on any atom is -0.384 e. The van der Waals surface area contributed by atoms with Gasteiger partial charge in [0.15, 0.2) is 0 Å². The molecule has 0 radical (unpaired) electrons. The van der Waals surface area contributed by atoms with Crippen molar-refractivity contribution in [1.29, 1.82) is 0 Å². The van der Waals surface area contributed by atoms with E-state index < -0.39 is 12.7 Å².